The van der Waals surface area contributed by atoms with Crippen molar-refractivity contribution in [3.63, 3.8) is 0 Å². The molecule has 6 rings (SSSR count). The number of aromatic nitrogens is 1. The maximum atomic E-state index is 14.4. The summed E-state index contributed by atoms with van der Waals surface area (Å²) < 4.78 is 10.8. The molecule has 1 atom stereocenters. The molecule has 2 aromatic carbocycles. The quantitative estimate of drug-likeness (QED) is 0.249. The van der Waals surface area contributed by atoms with Crippen LogP contribution >= 0.6 is 0 Å². The van der Waals surface area contributed by atoms with Crippen LogP contribution in [0.2, 0.25) is 0 Å². The smallest absolute Gasteiger partial charge is 0.410 e. The molecule has 3 N–H and O–H groups in total. The molecule has 15 heteroatoms. The van der Waals surface area contributed by atoms with E-state index in [4.69, 9.17) is 9.47 Å². The highest BCUT2D eigenvalue weighted by Gasteiger charge is 2.51. The standard InChI is InChI=1S/C44H55N7O8/c1-42(2,3)58-40(56)46-24-36(53)50-19-16-28(17-20-50)38(54)51(26-31-12-9-8-11-30(31)25-49(7)41(57)59-43(4,5)6)27-35(52)47-33-15-14-29-22-44(23-32(29)21-33)34-13-10-18-45-37(34)48-39(44)55/h8-15,18,21,28H,16-17,19-20,22-27H2,1-7H3,(H,46,56)(H,47,52)(H,45,48,55). The first-order valence-corrected chi connectivity index (χ1v) is 20.0. The average molecular weight is 810 g/mol. The van der Waals surface area contributed by atoms with E-state index in [1.807, 2.05) is 54.6 Å². The maximum Gasteiger partial charge on any atom is 0.410 e. The average Bonchev–Trinajstić information content (AvgIpc) is 3.68. The van der Waals surface area contributed by atoms with Crippen LogP contribution in [0.3, 0.4) is 0 Å². The second-order valence-corrected chi connectivity index (χ2v) is 17.6. The van der Waals surface area contributed by atoms with Crippen molar-refractivity contribution in [3.8, 4) is 0 Å². The van der Waals surface area contributed by atoms with Crippen molar-refractivity contribution in [1.29, 1.82) is 0 Å². The van der Waals surface area contributed by atoms with Crippen LogP contribution in [0, 0.1) is 5.92 Å². The van der Waals surface area contributed by atoms with E-state index in [0.717, 1.165) is 27.8 Å². The number of likely N-dealkylation sites (tertiary alicyclic amines) is 1. The zero-order valence-corrected chi connectivity index (χ0v) is 35.0. The van der Waals surface area contributed by atoms with Crippen LogP contribution in [0.15, 0.2) is 60.8 Å². The molecule has 1 aromatic heterocycles. The van der Waals surface area contributed by atoms with Gasteiger partial charge >= 0.3 is 12.2 Å². The largest absolute Gasteiger partial charge is 0.444 e. The molecule has 3 aromatic rings. The summed E-state index contributed by atoms with van der Waals surface area (Å²) in [4.78, 5) is 88.4. The maximum absolute atomic E-state index is 14.4. The Labute approximate surface area is 345 Å². The fourth-order valence-electron chi connectivity index (χ4n) is 7.87. The van der Waals surface area contributed by atoms with Gasteiger partial charge in [-0.3, -0.25) is 19.2 Å². The number of nitrogens with one attached hydrogen (secondary N) is 3. The van der Waals surface area contributed by atoms with Gasteiger partial charge in [0.15, 0.2) is 0 Å². The number of carbonyl (C=O) groups is 6. The Hall–Kier alpha value is -5.99. The van der Waals surface area contributed by atoms with Crippen LogP contribution in [0.5, 0.6) is 0 Å². The molecule has 1 aliphatic carbocycles. The van der Waals surface area contributed by atoms with Crippen LogP contribution in [0.4, 0.5) is 21.1 Å². The molecule has 0 bridgehead atoms. The van der Waals surface area contributed by atoms with Gasteiger partial charge in [0.2, 0.25) is 23.6 Å². The third-order valence-electron chi connectivity index (χ3n) is 10.7. The summed E-state index contributed by atoms with van der Waals surface area (Å²) in [7, 11) is 1.65. The summed E-state index contributed by atoms with van der Waals surface area (Å²) in [6, 6.07) is 16.8. The molecule has 1 fully saturated rings. The number of rotatable bonds is 10. The van der Waals surface area contributed by atoms with E-state index in [9.17, 15) is 28.8 Å². The lowest BCUT2D eigenvalue weighted by Gasteiger charge is -2.34. The van der Waals surface area contributed by atoms with E-state index >= 15 is 0 Å². The van der Waals surface area contributed by atoms with Gasteiger partial charge in [-0.15, -0.1) is 0 Å². The molecule has 3 heterocycles. The molecular formula is C44H55N7O8. The number of hydrogen-bond acceptors (Lipinski definition) is 9. The molecular weight excluding hydrogens is 755 g/mol. The highest BCUT2D eigenvalue weighted by molar-refractivity contribution is 6.06. The van der Waals surface area contributed by atoms with Crippen molar-refractivity contribution in [2.45, 2.75) is 96.9 Å². The van der Waals surface area contributed by atoms with E-state index < -0.39 is 40.6 Å². The molecule has 1 saturated heterocycles. The molecule has 3 aliphatic rings. The molecule has 2 aliphatic heterocycles. The first-order chi connectivity index (χ1) is 27.8. The van der Waals surface area contributed by atoms with Gasteiger partial charge in [0.05, 0.1) is 5.41 Å². The van der Waals surface area contributed by atoms with Crippen LogP contribution in [0.1, 0.15) is 82.2 Å². The molecule has 15 nitrogen and oxygen atoms in total. The van der Waals surface area contributed by atoms with Crippen LogP contribution < -0.4 is 16.0 Å². The minimum absolute atomic E-state index is 0.0904. The summed E-state index contributed by atoms with van der Waals surface area (Å²) in [5.41, 5.74) is 2.81. The topological polar surface area (TPSA) is 180 Å². The Balaban J connectivity index is 1.15. The fourth-order valence-corrected chi connectivity index (χ4v) is 7.87. The number of amides is 6. The van der Waals surface area contributed by atoms with Gasteiger partial charge in [-0.05, 0) is 108 Å². The number of benzene rings is 2. The summed E-state index contributed by atoms with van der Waals surface area (Å²) in [5, 5.41) is 8.41. The zero-order valence-electron chi connectivity index (χ0n) is 35.0. The predicted octanol–water partition coefficient (Wildman–Crippen LogP) is 5.17. The van der Waals surface area contributed by atoms with Gasteiger partial charge in [0.1, 0.15) is 30.1 Å². The highest BCUT2D eigenvalue weighted by atomic mass is 16.6. The van der Waals surface area contributed by atoms with Crippen molar-refractivity contribution in [2.24, 2.45) is 5.92 Å². The van der Waals surface area contributed by atoms with Gasteiger partial charge in [0.25, 0.3) is 0 Å². The second kappa shape index (κ2) is 17.1. The molecule has 1 spiro atoms. The van der Waals surface area contributed by atoms with Crippen molar-refractivity contribution in [3.05, 3.63) is 88.6 Å². The molecule has 59 heavy (non-hydrogen) atoms. The van der Waals surface area contributed by atoms with E-state index in [-0.39, 0.29) is 43.9 Å². The lowest BCUT2D eigenvalue weighted by atomic mass is 9.79. The van der Waals surface area contributed by atoms with E-state index in [1.165, 1.54) is 9.80 Å². The molecule has 0 saturated carbocycles. The minimum atomic E-state index is -0.752. The molecule has 6 amide bonds. The van der Waals surface area contributed by atoms with Gasteiger partial charge in [-0.25, -0.2) is 14.6 Å². The fraction of sp³-hybridized carbons (Fsp3) is 0.477. The van der Waals surface area contributed by atoms with Gasteiger partial charge < -0.3 is 40.1 Å². The van der Waals surface area contributed by atoms with Crippen LogP contribution in [-0.2, 0) is 60.0 Å². The summed E-state index contributed by atoms with van der Waals surface area (Å²) >= 11 is 0. The Bertz CT molecular complexity index is 2120. The monoisotopic (exact) mass is 809 g/mol. The lowest BCUT2D eigenvalue weighted by Crippen LogP contribution is -2.48. The number of alkyl carbamates (subject to hydrolysis) is 1. The Morgan fingerprint density at radius 1 is 0.881 bits per heavy atom. The van der Waals surface area contributed by atoms with Crippen molar-refractivity contribution in [1.82, 2.24) is 25.0 Å². The number of piperidine rings is 1. The van der Waals surface area contributed by atoms with Crippen LogP contribution in [-0.4, -0.2) is 99.9 Å². The molecule has 1 unspecified atom stereocenters. The highest BCUT2D eigenvalue weighted by Crippen LogP contribution is 2.47. The van der Waals surface area contributed by atoms with Crippen molar-refractivity contribution in [2.75, 3.05) is 43.9 Å². The first-order valence-electron chi connectivity index (χ1n) is 20.0. The normalized spacial score (nSPS) is 17.4. The third-order valence-corrected chi connectivity index (χ3v) is 10.7. The number of fused-ring (bicyclic) bond motifs is 3. The van der Waals surface area contributed by atoms with Gasteiger partial charge in [-0.1, -0.05) is 36.4 Å². The Morgan fingerprint density at radius 3 is 2.22 bits per heavy atom. The number of pyridine rings is 1. The van der Waals surface area contributed by atoms with Gasteiger partial charge in [0, 0.05) is 56.6 Å². The molecule has 0 radical (unpaired) electrons. The van der Waals surface area contributed by atoms with Gasteiger partial charge in [-0.2, -0.15) is 0 Å². The van der Waals surface area contributed by atoms with E-state index in [2.05, 4.69) is 20.9 Å². The second-order valence-electron chi connectivity index (χ2n) is 17.6. The first kappa shape index (κ1) is 42.6. The van der Waals surface area contributed by atoms with Crippen molar-refractivity contribution < 1.29 is 38.2 Å². The number of ether oxygens (including phenoxy) is 2. The predicted molar refractivity (Wildman–Crippen MR) is 220 cm³/mol. The summed E-state index contributed by atoms with van der Waals surface area (Å²) in [5.74, 6) is -0.890. The molecule has 314 valence electrons. The number of carbonyl (C=O) groups excluding carboxylic acids is 6. The number of anilines is 2. The third kappa shape index (κ3) is 10.4. The van der Waals surface area contributed by atoms with Crippen molar-refractivity contribution >= 4 is 47.3 Å². The Morgan fingerprint density at radius 2 is 1.54 bits per heavy atom. The van der Waals surface area contributed by atoms with E-state index in [0.29, 0.717) is 50.3 Å². The van der Waals surface area contributed by atoms with Crippen LogP contribution in [0.25, 0.3) is 0 Å². The number of nitrogens with zero attached hydrogens (tertiary/aromatic N) is 4. The lowest BCUT2D eigenvalue weighted by molar-refractivity contribution is -0.142. The van der Waals surface area contributed by atoms with E-state index in [1.54, 1.807) is 59.7 Å². The summed E-state index contributed by atoms with van der Waals surface area (Å²) in [6.45, 7) is 11.0. The zero-order chi connectivity index (χ0) is 42.7. The Kier molecular flexibility index (Phi) is 12.3. The SMILES string of the molecule is CN(Cc1ccccc1CN(CC(=O)Nc1ccc2c(c1)CC1(C2)C(=O)Nc2ncccc21)C(=O)C1CCN(C(=O)CNC(=O)OC(C)(C)C)CC1)C(=O)OC(C)(C)C. The number of hydrogen-bond donors (Lipinski definition) is 3. The minimum Gasteiger partial charge on any atom is -0.444 e. The summed E-state index contributed by atoms with van der Waals surface area (Å²) in [6.07, 6.45) is 2.22.